The molecule has 0 saturated carbocycles. The maximum Gasteiger partial charge on any atom is 0.316 e. The van der Waals surface area contributed by atoms with Gasteiger partial charge in [-0.05, 0) is 28.1 Å². The highest BCUT2D eigenvalue weighted by atomic mass is 79.9. The first-order valence-electron chi connectivity index (χ1n) is 3.27. The number of esters is 1. The molecule has 1 heterocycles. The lowest BCUT2D eigenvalue weighted by Gasteiger charge is -1.99. The molecule has 0 aliphatic heterocycles. The van der Waals surface area contributed by atoms with Crippen molar-refractivity contribution in [2.45, 2.75) is 6.61 Å². The van der Waals surface area contributed by atoms with Crippen molar-refractivity contribution in [3.63, 3.8) is 0 Å². The number of aromatic nitrogens is 1. The van der Waals surface area contributed by atoms with Crippen molar-refractivity contribution in [3.05, 3.63) is 22.4 Å². The van der Waals surface area contributed by atoms with Gasteiger partial charge in [0.25, 0.3) is 0 Å². The summed E-state index contributed by atoms with van der Waals surface area (Å²) in [6.07, 6.45) is 0. The van der Waals surface area contributed by atoms with Gasteiger partial charge < -0.3 is 9.72 Å². The Bertz CT molecular complexity index is 272. The van der Waals surface area contributed by atoms with E-state index >= 15 is 0 Å². The number of H-pyrrole nitrogens is 1. The van der Waals surface area contributed by atoms with Gasteiger partial charge in [0.1, 0.15) is 11.9 Å². The van der Waals surface area contributed by atoms with Gasteiger partial charge in [0.05, 0.1) is 10.3 Å². The molecule has 1 aromatic rings. The summed E-state index contributed by atoms with van der Waals surface area (Å²) in [5.74, 6) is -0.263. The van der Waals surface area contributed by atoms with Crippen LogP contribution in [-0.2, 0) is 16.1 Å². The van der Waals surface area contributed by atoms with Crippen molar-refractivity contribution in [1.29, 1.82) is 0 Å². The third kappa shape index (κ3) is 2.98. The molecular weight excluding hydrogens is 290 g/mol. The number of ether oxygens (including phenoxy) is 1. The van der Waals surface area contributed by atoms with Crippen molar-refractivity contribution in [1.82, 2.24) is 4.98 Å². The third-order valence-corrected chi connectivity index (χ3v) is 2.13. The van der Waals surface area contributed by atoms with E-state index in [1.54, 1.807) is 0 Å². The SMILES string of the molecule is O=C(CBr)OCc1ccc(Br)[nH]1. The van der Waals surface area contributed by atoms with Gasteiger partial charge in [-0.1, -0.05) is 15.9 Å². The normalized spacial score (nSPS) is 9.83. The van der Waals surface area contributed by atoms with E-state index in [2.05, 4.69) is 36.8 Å². The predicted molar refractivity (Wildman–Crippen MR) is 52.1 cm³/mol. The van der Waals surface area contributed by atoms with Gasteiger partial charge in [-0.15, -0.1) is 0 Å². The number of rotatable bonds is 3. The lowest BCUT2D eigenvalue weighted by atomic mass is 10.5. The number of nitrogens with one attached hydrogen (secondary N) is 1. The summed E-state index contributed by atoms with van der Waals surface area (Å²) in [4.78, 5) is 13.7. The molecule has 66 valence electrons. The van der Waals surface area contributed by atoms with Crippen molar-refractivity contribution in [2.24, 2.45) is 0 Å². The summed E-state index contributed by atoms with van der Waals surface area (Å²) in [5, 5.41) is 0.231. The second kappa shape index (κ2) is 4.67. The summed E-state index contributed by atoms with van der Waals surface area (Å²) >= 11 is 6.25. The molecule has 0 radical (unpaired) electrons. The topological polar surface area (TPSA) is 42.1 Å². The minimum atomic E-state index is -0.263. The van der Waals surface area contributed by atoms with E-state index in [4.69, 9.17) is 4.74 Å². The number of aromatic amines is 1. The fraction of sp³-hybridized carbons (Fsp3) is 0.286. The molecule has 1 N–H and O–H groups in total. The smallest absolute Gasteiger partial charge is 0.316 e. The van der Waals surface area contributed by atoms with Crippen LogP contribution in [-0.4, -0.2) is 16.3 Å². The van der Waals surface area contributed by atoms with Gasteiger partial charge in [0, 0.05) is 0 Å². The van der Waals surface area contributed by atoms with Crippen molar-refractivity contribution >= 4 is 37.8 Å². The van der Waals surface area contributed by atoms with Crippen LogP contribution in [0.5, 0.6) is 0 Å². The van der Waals surface area contributed by atoms with Gasteiger partial charge in [0.15, 0.2) is 0 Å². The lowest BCUT2D eigenvalue weighted by Crippen LogP contribution is -2.05. The second-order valence-corrected chi connectivity index (χ2v) is 3.54. The Morgan fingerprint density at radius 3 is 2.83 bits per heavy atom. The Balaban J connectivity index is 2.38. The molecule has 3 nitrogen and oxygen atoms in total. The van der Waals surface area contributed by atoms with Crippen LogP contribution in [0.15, 0.2) is 16.7 Å². The Morgan fingerprint density at radius 2 is 2.33 bits per heavy atom. The summed E-state index contributed by atoms with van der Waals surface area (Å²) in [6.45, 7) is 0.288. The molecule has 0 saturated heterocycles. The zero-order chi connectivity index (χ0) is 8.97. The van der Waals surface area contributed by atoms with E-state index in [9.17, 15) is 4.79 Å². The molecular formula is C7H7Br2NO2. The highest BCUT2D eigenvalue weighted by molar-refractivity contribution is 9.10. The molecule has 0 spiro atoms. The van der Waals surface area contributed by atoms with Crippen LogP contribution in [0, 0.1) is 0 Å². The molecule has 0 amide bonds. The maximum atomic E-state index is 10.7. The van der Waals surface area contributed by atoms with Crippen molar-refractivity contribution < 1.29 is 9.53 Å². The highest BCUT2D eigenvalue weighted by Gasteiger charge is 2.01. The molecule has 0 fully saturated rings. The van der Waals surface area contributed by atoms with E-state index in [-0.39, 0.29) is 17.9 Å². The number of hydrogen-bond donors (Lipinski definition) is 1. The second-order valence-electron chi connectivity index (χ2n) is 2.13. The Morgan fingerprint density at radius 1 is 1.58 bits per heavy atom. The predicted octanol–water partition coefficient (Wildman–Crippen LogP) is 2.22. The minimum absolute atomic E-state index is 0.231. The first kappa shape index (κ1) is 9.80. The zero-order valence-electron chi connectivity index (χ0n) is 6.14. The fourth-order valence-corrected chi connectivity index (χ4v) is 1.24. The Labute approximate surface area is 86.7 Å². The molecule has 1 aromatic heterocycles. The number of hydrogen-bond acceptors (Lipinski definition) is 2. The van der Waals surface area contributed by atoms with Gasteiger partial charge in [-0.25, -0.2) is 0 Å². The van der Waals surface area contributed by atoms with Crippen LogP contribution in [0.25, 0.3) is 0 Å². The van der Waals surface area contributed by atoms with Crippen LogP contribution in [0.2, 0.25) is 0 Å². The van der Waals surface area contributed by atoms with Crippen LogP contribution in [0.1, 0.15) is 5.69 Å². The van der Waals surface area contributed by atoms with E-state index in [0.717, 1.165) is 10.3 Å². The van der Waals surface area contributed by atoms with Gasteiger partial charge in [0.2, 0.25) is 0 Å². The third-order valence-electron chi connectivity index (χ3n) is 1.21. The first-order valence-corrected chi connectivity index (χ1v) is 5.19. The van der Waals surface area contributed by atoms with Crippen molar-refractivity contribution in [2.75, 3.05) is 5.33 Å². The monoisotopic (exact) mass is 295 g/mol. The molecule has 0 unspecified atom stereocenters. The first-order chi connectivity index (χ1) is 5.72. The van der Waals surface area contributed by atoms with Crippen LogP contribution in [0.4, 0.5) is 0 Å². The number of halogens is 2. The van der Waals surface area contributed by atoms with Crippen LogP contribution < -0.4 is 0 Å². The average molecular weight is 297 g/mol. The maximum absolute atomic E-state index is 10.7. The van der Waals surface area contributed by atoms with E-state index in [1.807, 2.05) is 12.1 Å². The number of carbonyl (C=O) groups is 1. The molecule has 0 aliphatic carbocycles. The van der Waals surface area contributed by atoms with E-state index in [1.165, 1.54) is 0 Å². The standard InChI is InChI=1S/C7H7Br2NO2/c8-3-7(11)12-4-5-1-2-6(9)10-5/h1-2,10H,3-4H2. The molecule has 0 bridgehead atoms. The molecule has 0 atom stereocenters. The average Bonchev–Trinajstić information content (AvgIpc) is 2.47. The molecule has 5 heteroatoms. The highest BCUT2D eigenvalue weighted by Crippen LogP contribution is 2.09. The van der Waals surface area contributed by atoms with Crippen molar-refractivity contribution in [3.8, 4) is 0 Å². The lowest BCUT2D eigenvalue weighted by molar-refractivity contribution is -0.141. The molecule has 0 aromatic carbocycles. The fourth-order valence-electron chi connectivity index (χ4n) is 0.691. The molecule has 1 rings (SSSR count). The Hall–Kier alpha value is -0.290. The molecule has 12 heavy (non-hydrogen) atoms. The zero-order valence-corrected chi connectivity index (χ0v) is 9.31. The summed E-state index contributed by atoms with van der Waals surface area (Å²) in [5.41, 5.74) is 0.871. The summed E-state index contributed by atoms with van der Waals surface area (Å²) in [7, 11) is 0. The number of alkyl halides is 1. The number of carbonyl (C=O) groups excluding carboxylic acids is 1. The van der Waals surface area contributed by atoms with Crippen LogP contribution >= 0.6 is 31.9 Å². The van der Waals surface area contributed by atoms with Gasteiger partial charge in [-0.2, -0.15) is 0 Å². The van der Waals surface area contributed by atoms with Crippen LogP contribution in [0.3, 0.4) is 0 Å². The van der Waals surface area contributed by atoms with Gasteiger partial charge in [-0.3, -0.25) is 4.79 Å². The Kier molecular flexibility index (Phi) is 3.81. The molecule has 0 aliphatic rings. The van der Waals surface area contributed by atoms with E-state index in [0.29, 0.717) is 0 Å². The quantitative estimate of drug-likeness (QED) is 0.686. The van der Waals surface area contributed by atoms with E-state index < -0.39 is 0 Å². The summed E-state index contributed by atoms with van der Waals surface area (Å²) in [6, 6.07) is 3.71. The minimum Gasteiger partial charge on any atom is -0.459 e. The van der Waals surface area contributed by atoms with Gasteiger partial charge >= 0.3 is 5.97 Å². The largest absolute Gasteiger partial charge is 0.459 e. The summed E-state index contributed by atoms with van der Waals surface area (Å²) < 4.78 is 5.73.